The van der Waals surface area contributed by atoms with E-state index in [9.17, 15) is 28.4 Å². The predicted octanol–water partition coefficient (Wildman–Crippen LogP) is 5.14. The highest BCUT2D eigenvalue weighted by Gasteiger charge is 2.37. The summed E-state index contributed by atoms with van der Waals surface area (Å²) in [6.07, 6.45) is 2.78. The average molecular weight is 607 g/mol. The second-order valence-electron chi connectivity index (χ2n) is 9.56. The van der Waals surface area contributed by atoms with Crippen LogP contribution in [0.1, 0.15) is 50.8 Å². The topological polar surface area (TPSA) is 109 Å². The Morgan fingerprint density at radius 2 is 1.66 bits per heavy atom. The molecule has 2 heterocycles. The van der Waals surface area contributed by atoms with Crippen LogP contribution >= 0.6 is 23.2 Å². The highest BCUT2D eigenvalue weighted by Crippen LogP contribution is 2.38. The molecule has 2 amide bonds. The number of benzene rings is 2. The Labute approximate surface area is 242 Å². The normalized spacial score (nSPS) is 15.2. The Morgan fingerprint density at radius 1 is 1.02 bits per heavy atom. The standard InChI is InChI=1S/C28H22Cl2F2N2O7/c29-20-11-33(38)12-21(30)19(20)10-23(16-7-8-22(41-28(31)32)24(9-16)39-14-15-5-6-15)40-25(35)13-34-26(36)17-3-1-2-4-18(17)27(34)37/h1-4,7-9,11-12,15,23,28H,5-6,10,13-14H2. The van der Waals surface area contributed by atoms with Gasteiger partial charge in [-0.05, 0) is 48.6 Å². The summed E-state index contributed by atoms with van der Waals surface area (Å²) in [6.45, 7) is -3.50. The van der Waals surface area contributed by atoms with Crippen LogP contribution < -0.4 is 14.2 Å². The van der Waals surface area contributed by atoms with Crippen molar-refractivity contribution in [3.8, 4) is 11.5 Å². The third kappa shape index (κ3) is 6.52. The van der Waals surface area contributed by atoms with Crippen LogP contribution in [-0.2, 0) is 16.0 Å². The maximum absolute atomic E-state index is 13.1. The summed E-state index contributed by atoms with van der Waals surface area (Å²) in [5.74, 6) is -2.11. The Hall–Kier alpha value is -3.96. The summed E-state index contributed by atoms with van der Waals surface area (Å²) in [6, 6.07) is 10.2. The number of fused-ring (bicyclic) bond motifs is 1. The number of hydrogen-bond acceptors (Lipinski definition) is 7. The number of nitrogens with zero attached hydrogens (tertiary/aromatic N) is 2. The number of hydrogen-bond donors (Lipinski definition) is 0. The van der Waals surface area contributed by atoms with E-state index in [1.54, 1.807) is 12.1 Å². The molecule has 1 aromatic heterocycles. The van der Waals surface area contributed by atoms with E-state index >= 15 is 0 Å². The van der Waals surface area contributed by atoms with Crippen LogP contribution in [0.4, 0.5) is 8.78 Å². The van der Waals surface area contributed by atoms with E-state index in [1.807, 2.05) is 0 Å². The van der Waals surface area contributed by atoms with E-state index in [4.69, 9.17) is 32.7 Å². The zero-order valence-electron chi connectivity index (χ0n) is 21.2. The fourth-order valence-corrected chi connectivity index (χ4v) is 4.97. The Morgan fingerprint density at radius 3 is 2.24 bits per heavy atom. The van der Waals surface area contributed by atoms with E-state index in [1.165, 1.54) is 30.3 Å². The van der Waals surface area contributed by atoms with Crippen molar-refractivity contribution in [3.05, 3.63) is 92.4 Å². The van der Waals surface area contributed by atoms with Crippen LogP contribution in [0.5, 0.6) is 11.5 Å². The summed E-state index contributed by atoms with van der Waals surface area (Å²) in [5, 5.41) is 11.7. The molecule has 214 valence electrons. The lowest BCUT2D eigenvalue weighted by Crippen LogP contribution is -2.36. The molecule has 1 saturated carbocycles. The van der Waals surface area contributed by atoms with E-state index in [-0.39, 0.29) is 51.3 Å². The van der Waals surface area contributed by atoms with Crippen molar-refractivity contribution in [1.29, 1.82) is 0 Å². The zero-order valence-corrected chi connectivity index (χ0v) is 22.7. The average Bonchev–Trinajstić information content (AvgIpc) is 3.72. The van der Waals surface area contributed by atoms with Gasteiger partial charge in [-0.1, -0.05) is 41.4 Å². The van der Waals surface area contributed by atoms with Gasteiger partial charge in [0, 0.05) is 12.0 Å². The van der Waals surface area contributed by atoms with Gasteiger partial charge in [0.25, 0.3) is 11.8 Å². The first kappa shape index (κ1) is 28.6. The van der Waals surface area contributed by atoms with Gasteiger partial charge in [0.2, 0.25) is 0 Å². The summed E-state index contributed by atoms with van der Waals surface area (Å²) in [5.41, 5.74) is 0.914. The third-order valence-corrected chi connectivity index (χ3v) is 7.26. The van der Waals surface area contributed by atoms with Crippen LogP contribution in [0.15, 0.2) is 54.9 Å². The minimum atomic E-state index is -3.10. The molecular weight excluding hydrogens is 585 g/mol. The van der Waals surface area contributed by atoms with Gasteiger partial charge in [0.15, 0.2) is 23.9 Å². The van der Waals surface area contributed by atoms with Crippen molar-refractivity contribution in [2.24, 2.45) is 5.92 Å². The number of imide groups is 1. The number of pyridine rings is 1. The SMILES string of the molecule is O=C(CN1C(=O)c2ccccc2C1=O)OC(Cc1c(Cl)c[n+]([O-])cc1Cl)c1ccc(OC(F)F)c(OCC2CC2)c1. The van der Waals surface area contributed by atoms with Gasteiger partial charge in [-0.15, -0.1) is 0 Å². The van der Waals surface area contributed by atoms with Crippen LogP contribution in [0.2, 0.25) is 10.0 Å². The molecule has 1 atom stereocenters. The lowest BCUT2D eigenvalue weighted by Gasteiger charge is -2.22. The number of carbonyl (C=O) groups excluding carboxylic acids is 3. The van der Waals surface area contributed by atoms with Gasteiger partial charge in [-0.25, -0.2) is 0 Å². The van der Waals surface area contributed by atoms with Gasteiger partial charge in [-0.3, -0.25) is 19.3 Å². The number of aromatic nitrogens is 1. The third-order valence-electron chi connectivity index (χ3n) is 6.61. The monoisotopic (exact) mass is 606 g/mol. The Kier molecular flexibility index (Phi) is 8.27. The second kappa shape index (κ2) is 11.9. The molecule has 5 rings (SSSR count). The van der Waals surface area contributed by atoms with E-state index in [0.717, 1.165) is 30.1 Å². The van der Waals surface area contributed by atoms with Crippen molar-refractivity contribution in [2.75, 3.05) is 13.2 Å². The van der Waals surface area contributed by atoms with Gasteiger partial charge < -0.3 is 19.4 Å². The van der Waals surface area contributed by atoms with Crippen LogP contribution in [-0.4, -0.2) is 42.4 Å². The molecule has 41 heavy (non-hydrogen) atoms. The molecule has 0 radical (unpaired) electrons. The summed E-state index contributed by atoms with van der Waals surface area (Å²) >= 11 is 12.5. The van der Waals surface area contributed by atoms with Crippen LogP contribution in [0.3, 0.4) is 0 Å². The van der Waals surface area contributed by atoms with Gasteiger partial charge >= 0.3 is 12.6 Å². The first-order chi connectivity index (χ1) is 19.6. The van der Waals surface area contributed by atoms with E-state index < -0.39 is 37.0 Å². The molecule has 0 saturated heterocycles. The number of carbonyl (C=O) groups is 3. The summed E-state index contributed by atoms with van der Waals surface area (Å²) < 4.78 is 42.6. The molecule has 3 aromatic rings. The molecule has 13 heteroatoms. The fraction of sp³-hybridized carbons (Fsp3) is 0.286. The van der Waals surface area contributed by atoms with Crippen molar-refractivity contribution in [2.45, 2.75) is 32.0 Å². The quantitative estimate of drug-likeness (QED) is 0.129. The van der Waals surface area contributed by atoms with Gasteiger partial charge in [0.1, 0.15) is 22.7 Å². The maximum atomic E-state index is 13.1. The molecular formula is C28H22Cl2F2N2O7. The molecule has 2 aliphatic rings. The molecule has 1 unspecified atom stereocenters. The van der Waals surface area contributed by atoms with Gasteiger partial charge in [-0.2, -0.15) is 13.5 Å². The number of amides is 2. The lowest BCUT2D eigenvalue weighted by atomic mass is 10.0. The fourth-order valence-electron chi connectivity index (χ4n) is 4.37. The zero-order chi connectivity index (χ0) is 29.3. The van der Waals surface area contributed by atoms with Crippen molar-refractivity contribution in [3.63, 3.8) is 0 Å². The Bertz CT molecular complexity index is 1460. The van der Waals surface area contributed by atoms with Crippen molar-refractivity contribution < 1.29 is 42.1 Å². The maximum Gasteiger partial charge on any atom is 0.387 e. The molecule has 1 aliphatic heterocycles. The number of esters is 1. The molecule has 0 N–H and O–H groups in total. The van der Waals surface area contributed by atoms with Crippen LogP contribution in [0, 0.1) is 11.1 Å². The predicted molar refractivity (Wildman–Crippen MR) is 141 cm³/mol. The largest absolute Gasteiger partial charge is 0.619 e. The van der Waals surface area contributed by atoms with Crippen molar-refractivity contribution in [1.82, 2.24) is 4.90 Å². The van der Waals surface area contributed by atoms with Crippen LogP contribution in [0.25, 0.3) is 0 Å². The smallest absolute Gasteiger partial charge is 0.387 e. The molecule has 1 aliphatic carbocycles. The summed E-state index contributed by atoms with van der Waals surface area (Å²) in [7, 11) is 0. The highest BCUT2D eigenvalue weighted by molar-refractivity contribution is 6.35. The molecule has 0 bridgehead atoms. The van der Waals surface area contributed by atoms with E-state index in [2.05, 4.69) is 4.74 Å². The Balaban J connectivity index is 1.43. The minimum Gasteiger partial charge on any atom is -0.619 e. The van der Waals surface area contributed by atoms with Crippen molar-refractivity contribution >= 4 is 41.0 Å². The lowest BCUT2D eigenvalue weighted by molar-refractivity contribution is -0.605. The number of alkyl halides is 2. The number of halogens is 4. The first-order valence-electron chi connectivity index (χ1n) is 12.5. The number of rotatable bonds is 11. The molecule has 1 fully saturated rings. The van der Waals surface area contributed by atoms with E-state index in [0.29, 0.717) is 16.2 Å². The number of ether oxygens (including phenoxy) is 3. The highest BCUT2D eigenvalue weighted by atomic mass is 35.5. The minimum absolute atomic E-state index is 0.00300. The molecule has 0 spiro atoms. The second-order valence-corrected chi connectivity index (χ2v) is 10.4. The first-order valence-corrected chi connectivity index (χ1v) is 13.3. The summed E-state index contributed by atoms with van der Waals surface area (Å²) in [4.78, 5) is 39.4. The molecule has 9 nitrogen and oxygen atoms in total. The molecule has 2 aromatic carbocycles. The van der Waals surface area contributed by atoms with Gasteiger partial charge in [0.05, 0.1) is 17.7 Å².